The van der Waals surface area contributed by atoms with Crippen molar-refractivity contribution in [2.24, 2.45) is 10.2 Å². The van der Waals surface area contributed by atoms with Crippen LogP contribution >= 0.6 is 11.3 Å². The van der Waals surface area contributed by atoms with Gasteiger partial charge in [-0.25, -0.2) is 4.57 Å². The number of rotatable bonds is 9. The lowest BCUT2D eigenvalue weighted by Crippen LogP contribution is -2.31. The molecule has 0 spiro atoms. The standard InChI is InChI=1S/C16H22N4O4S2/c1-19(2)14-8-6-13(7-9-14)17-18-16-20(12-15(24-3)25-16)10-4-5-11-26(21,22)23/h6-9,12H,4-5,10-11H2,1-3H3/p+1. The van der Waals surface area contributed by atoms with Crippen LogP contribution in [0.1, 0.15) is 12.8 Å². The van der Waals surface area contributed by atoms with E-state index in [-0.39, 0.29) is 5.75 Å². The van der Waals surface area contributed by atoms with Gasteiger partial charge in [0.1, 0.15) is 11.9 Å². The molecular formula is C16H23N4O4S2+. The molecule has 0 bridgehead atoms. The Morgan fingerprint density at radius 2 is 1.88 bits per heavy atom. The van der Waals surface area contributed by atoms with Gasteiger partial charge in [0.15, 0.2) is 0 Å². The number of thiazole rings is 1. The summed E-state index contributed by atoms with van der Waals surface area (Å²) in [6, 6.07) is 7.71. The fourth-order valence-electron chi connectivity index (χ4n) is 2.17. The molecule has 26 heavy (non-hydrogen) atoms. The van der Waals surface area contributed by atoms with Gasteiger partial charge in [-0.15, -0.1) is 0 Å². The third-order valence-corrected chi connectivity index (χ3v) is 5.35. The van der Waals surface area contributed by atoms with Crippen molar-refractivity contribution in [3.05, 3.63) is 30.5 Å². The largest absolute Gasteiger partial charge is 0.484 e. The molecule has 142 valence electrons. The van der Waals surface area contributed by atoms with E-state index in [2.05, 4.69) is 10.2 Å². The minimum atomic E-state index is -3.92. The Morgan fingerprint density at radius 1 is 1.19 bits per heavy atom. The van der Waals surface area contributed by atoms with E-state index in [9.17, 15) is 8.42 Å². The Kier molecular flexibility index (Phi) is 7.06. The Labute approximate surface area is 157 Å². The number of azo groups is 1. The van der Waals surface area contributed by atoms with E-state index >= 15 is 0 Å². The van der Waals surface area contributed by atoms with E-state index < -0.39 is 10.1 Å². The zero-order chi connectivity index (χ0) is 19.2. The SMILES string of the molecule is COc1c[n+](CCCCS(=O)(=O)O)c(N=Nc2ccc(N(C)C)cc2)s1. The first kappa shape index (κ1) is 20.3. The maximum atomic E-state index is 10.8. The van der Waals surface area contributed by atoms with Crippen LogP contribution < -0.4 is 14.2 Å². The van der Waals surface area contributed by atoms with E-state index in [0.717, 1.165) is 11.4 Å². The van der Waals surface area contributed by atoms with Crippen molar-refractivity contribution in [3.8, 4) is 5.06 Å². The van der Waals surface area contributed by atoms with Crippen LogP contribution in [0.25, 0.3) is 0 Å². The number of ether oxygens (including phenoxy) is 1. The van der Waals surface area contributed by atoms with Crippen molar-refractivity contribution in [1.29, 1.82) is 0 Å². The third kappa shape index (κ3) is 6.36. The fourth-order valence-corrected chi connectivity index (χ4v) is 3.53. The Morgan fingerprint density at radius 3 is 2.46 bits per heavy atom. The highest BCUT2D eigenvalue weighted by molar-refractivity contribution is 7.85. The maximum Gasteiger partial charge on any atom is 0.411 e. The maximum absolute atomic E-state index is 10.8. The predicted molar refractivity (Wildman–Crippen MR) is 102 cm³/mol. The average Bonchev–Trinajstić information content (AvgIpc) is 2.98. The summed E-state index contributed by atoms with van der Waals surface area (Å²) in [5.74, 6) is -0.246. The highest BCUT2D eigenvalue weighted by atomic mass is 32.2. The average molecular weight is 400 g/mol. The second kappa shape index (κ2) is 9.06. The van der Waals surface area contributed by atoms with Gasteiger partial charge in [0, 0.05) is 19.8 Å². The fraction of sp³-hybridized carbons (Fsp3) is 0.438. The molecule has 8 nitrogen and oxygen atoms in total. The van der Waals surface area contributed by atoms with Crippen LogP contribution in [0.15, 0.2) is 40.7 Å². The molecule has 2 aromatic rings. The molecule has 1 heterocycles. The molecule has 0 aliphatic heterocycles. The van der Waals surface area contributed by atoms with Gasteiger partial charge in [0.25, 0.3) is 10.1 Å². The lowest BCUT2D eigenvalue weighted by Gasteiger charge is -2.11. The third-order valence-electron chi connectivity index (χ3n) is 3.57. The first-order valence-electron chi connectivity index (χ1n) is 8.00. The quantitative estimate of drug-likeness (QED) is 0.302. The summed E-state index contributed by atoms with van der Waals surface area (Å²) in [4.78, 5) is 2.01. The lowest BCUT2D eigenvalue weighted by molar-refractivity contribution is -0.680. The molecule has 0 aliphatic rings. The van der Waals surface area contributed by atoms with Crippen molar-refractivity contribution >= 4 is 38.0 Å². The van der Waals surface area contributed by atoms with E-state index in [0.29, 0.717) is 29.6 Å². The molecule has 2 rings (SSSR count). The molecule has 0 saturated carbocycles. The van der Waals surface area contributed by atoms with Crippen LogP contribution in [-0.2, 0) is 16.7 Å². The second-order valence-electron chi connectivity index (χ2n) is 5.83. The summed E-state index contributed by atoms with van der Waals surface area (Å²) in [6.07, 6.45) is 2.76. The first-order valence-corrected chi connectivity index (χ1v) is 10.4. The normalized spacial score (nSPS) is 11.8. The van der Waals surface area contributed by atoms with Crippen molar-refractivity contribution in [1.82, 2.24) is 0 Å². The number of nitrogens with zero attached hydrogens (tertiary/aromatic N) is 4. The summed E-state index contributed by atoms with van der Waals surface area (Å²) in [5, 5.41) is 9.90. The summed E-state index contributed by atoms with van der Waals surface area (Å²) < 4.78 is 37.5. The molecule has 10 heteroatoms. The van der Waals surface area contributed by atoms with E-state index in [4.69, 9.17) is 9.29 Å². The molecule has 1 N–H and O–H groups in total. The molecule has 0 amide bonds. The highest BCUT2D eigenvalue weighted by Gasteiger charge is 2.17. The zero-order valence-electron chi connectivity index (χ0n) is 15.0. The Hall–Kier alpha value is -2.04. The van der Waals surface area contributed by atoms with Gasteiger partial charge in [0.2, 0.25) is 5.06 Å². The minimum Gasteiger partial charge on any atom is -0.484 e. The highest BCUT2D eigenvalue weighted by Crippen LogP contribution is 2.28. The number of benzene rings is 1. The van der Waals surface area contributed by atoms with Crippen LogP contribution in [0, 0.1) is 0 Å². The zero-order valence-corrected chi connectivity index (χ0v) is 16.6. The van der Waals surface area contributed by atoms with Gasteiger partial charge in [-0.1, -0.05) is 0 Å². The molecular weight excluding hydrogens is 376 g/mol. The molecule has 1 aromatic heterocycles. The van der Waals surface area contributed by atoms with Crippen LogP contribution in [0.3, 0.4) is 0 Å². The number of hydrogen-bond donors (Lipinski definition) is 1. The van der Waals surface area contributed by atoms with Gasteiger partial charge in [-0.05, 0) is 53.6 Å². The minimum absolute atomic E-state index is 0.246. The molecule has 0 aliphatic carbocycles. The molecule has 0 atom stereocenters. The molecule has 0 radical (unpaired) electrons. The van der Waals surface area contributed by atoms with Gasteiger partial charge in [-0.2, -0.15) is 8.42 Å². The van der Waals surface area contributed by atoms with Gasteiger partial charge in [-0.3, -0.25) is 4.55 Å². The van der Waals surface area contributed by atoms with E-state index in [1.165, 1.54) is 11.3 Å². The van der Waals surface area contributed by atoms with Crippen LogP contribution in [0.4, 0.5) is 16.5 Å². The topological polar surface area (TPSA) is 95.4 Å². The second-order valence-corrected chi connectivity index (χ2v) is 8.38. The van der Waals surface area contributed by atoms with Gasteiger partial charge >= 0.3 is 5.13 Å². The van der Waals surface area contributed by atoms with Crippen molar-refractivity contribution < 1.29 is 22.3 Å². The molecule has 0 fully saturated rings. The lowest BCUT2D eigenvalue weighted by atomic mass is 10.3. The van der Waals surface area contributed by atoms with Crippen molar-refractivity contribution in [2.45, 2.75) is 19.4 Å². The summed E-state index contributed by atoms with van der Waals surface area (Å²) in [5.41, 5.74) is 1.82. The van der Waals surface area contributed by atoms with Crippen molar-refractivity contribution in [3.63, 3.8) is 0 Å². The van der Waals surface area contributed by atoms with E-state index in [1.807, 2.05) is 54.0 Å². The molecule has 0 unspecified atom stereocenters. The summed E-state index contributed by atoms with van der Waals surface area (Å²) >= 11 is 1.35. The van der Waals surface area contributed by atoms with Gasteiger partial charge < -0.3 is 9.64 Å². The summed E-state index contributed by atoms with van der Waals surface area (Å²) in [6.45, 7) is 0.559. The number of methoxy groups -OCH3 is 1. The van der Waals surface area contributed by atoms with Crippen LogP contribution in [0.5, 0.6) is 5.06 Å². The van der Waals surface area contributed by atoms with Crippen molar-refractivity contribution in [2.75, 3.05) is 31.9 Å². The van der Waals surface area contributed by atoms with Gasteiger partial charge in [0.05, 0.1) is 24.5 Å². The molecule has 1 aromatic carbocycles. The number of hydrogen-bond acceptors (Lipinski definition) is 7. The first-order chi connectivity index (χ1) is 12.3. The van der Waals surface area contributed by atoms with E-state index in [1.54, 1.807) is 7.11 Å². The van der Waals surface area contributed by atoms with Crippen LogP contribution in [0.2, 0.25) is 0 Å². The number of aromatic nitrogens is 1. The number of unbranched alkanes of at least 4 members (excludes halogenated alkanes) is 1. The predicted octanol–water partition coefficient (Wildman–Crippen LogP) is 3.19. The smallest absolute Gasteiger partial charge is 0.411 e. The Bertz CT molecular complexity index is 846. The molecule has 0 saturated heterocycles. The Balaban J connectivity index is 2.06. The summed E-state index contributed by atoms with van der Waals surface area (Å²) in [7, 11) is 1.60. The monoisotopic (exact) mass is 399 g/mol. The number of anilines is 1. The number of aryl methyl sites for hydroxylation is 1. The van der Waals surface area contributed by atoms with Crippen LogP contribution in [-0.4, -0.2) is 39.9 Å².